The third-order valence-electron chi connectivity index (χ3n) is 3.57. The van der Waals surface area contributed by atoms with Gasteiger partial charge >= 0.3 is 0 Å². The van der Waals surface area contributed by atoms with Crippen LogP contribution in [0.2, 0.25) is 5.02 Å². The summed E-state index contributed by atoms with van der Waals surface area (Å²) in [4.78, 5) is 28.8. The van der Waals surface area contributed by atoms with Gasteiger partial charge in [0.1, 0.15) is 11.6 Å². The lowest BCUT2D eigenvalue weighted by Gasteiger charge is -2.18. The zero-order valence-electron chi connectivity index (χ0n) is 14.4. The van der Waals surface area contributed by atoms with E-state index in [1.54, 1.807) is 25.2 Å². The number of aromatic nitrogens is 1. The van der Waals surface area contributed by atoms with Gasteiger partial charge in [0.25, 0.3) is 5.91 Å². The summed E-state index contributed by atoms with van der Waals surface area (Å²) < 4.78 is 12.9. The van der Waals surface area contributed by atoms with Crippen LogP contribution in [-0.4, -0.2) is 40.5 Å². The summed E-state index contributed by atoms with van der Waals surface area (Å²) in [5.41, 5.74) is 2.83. The number of rotatable bonds is 7. The topological polar surface area (TPSA) is 94.6 Å². The average Bonchev–Trinajstić information content (AvgIpc) is 2.66. The summed E-state index contributed by atoms with van der Waals surface area (Å²) in [7, 11) is 1.64. The second kappa shape index (κ2) is 9.65. The van der Waals surface area contributed by atoms with Crippen molar-refractivity contribution in [1.29, 1.82) is 0 Å². The molecule has 0 spiro atoms. The van der Waals surface area contributed by atoms with Gasteiger partial charge in [0.15, 0.2) is 0 Å². The van der Waals surface area contributed by atoms with Gasteiger partial charge in [0, 0.05) is 25.9 Å². The first-order valence-corrected chi connectivity index (χ1v) is 8.27. The third-order valence-corrected chi connectivity index (χ3v) is 3.85. The lowest BCUT2D eigenvalue weighted by molar-refractivity contribution is -0.128. The van der Waals surface area contributed by atoms with Gasteiger partial charge < -0.3 is 10.2 Å². The summed E-state index contributed by atoms with van der Waals surface area (Å²) in [5, 5.41) is 11.6. The fourth-order valence-electron chi connectivity index (χ4n) is 2.13. The highest BCUT2D eigenvalue weighted by molar-refractivity contribution is 6.33. The number of likely N-dealkylation sites (N-methyl/N-ethyl adjacent to an activating group) is 1. The zero-order valence-corrected chi connectivity index (χ0v) is 15.2. The Morgan fingerprint density at radius 3 is 2.67 bits per heavy atom. The molecule has 0 aliphatic rings. The van der Waals surface area contributed by atoms with Crippen LogP contribution in [0.4, 0.5) is 10.2 Å². The van der Waals surface area contributed by atoms with E-state index in [0.29, 0.717) is 17.9 Å². The Hall–Kier alpha value is -2.97. The maximum atomic E-state index is 12.9. The van der Waals surface area contributed by atoms with Crippen LogP contribution in [0.3, 0.4) is 0 Å². The van der Waals surface area contributed by atoms with Gasteiger partial charge in [0.05, 0.1) is 11.6 Å². The second-order valence-corrected chi connectivity index (χ2v) is 6.05. The number of amides is 2. The number of carbonyl (C=O) groups excluding carboxylic acids is 2. The molecule has 0 fully saturated rings. The van der Waals surface area contributed by atoms with Gasteiger partial charge in [0.2, 0.25) is 5.91 Å². The van der Waals surface area contributed by atoms with Crippen LogP contribution in [-0.2, 0) is 16.1 Å². The molecule has 0 aliphatic heterocycles. The Balaban J connectivity index is 1.91. The molecule has 27 heavy (non-hydrogen) atoms. The van der Waals surface area contributed by atoms with Crippen molar-refractivity contribution in [1.82, 2.24) is 15.4 Å². The number of nitrogens with one attached hydrogen (secondary N) is 2. The molecule has 0 saturated carbocycles. The van der Waals surface area contributed by atoms with Crippen LogP contribution >= 0.6 is 11.6 Å². The normalized spacial score (nSPS) is 10.7. The number of hydrogen-bond acceptors (Lipinski definition) is 5. The second-order valence-electron chi connectivity index (χ2n) is 5.64. The van der Waals surface area contributed by atoms with E-state index in [9.17, 15) is 14.0 Å². The summed E-state index contributed by atoms with van der Waals surface area (Å²) in [6, 6.07) is 7.48. The van der Waals surface area contributed by atoms with Crippen LogP contribution < -0.4 is 10.8 Å². The van der Waals surface area contributed by atoms with E-state index >= 15 is 0 Å². The quantitative estimate of drug-likeness (QED) is 0.382. The van der Waals surface area contributed by atoms with Crippen molar-refractivity contribution in [2.24, 2.45) is 0 Å². The molecule has 142 valence electrons. The molecule has 0 bridgehead atoms. The van der Waals surface area contributed by atoms with Crippen LogP contribution in [0.15, 0.2) is 42.6 Å². The molecule has 1 aromatic carbocycles. The van der Waals surface area contributed by atoms with Crippen LogP contribution in [0.1, 0.15) is 11.1 Å². The molecule has 9 heteroatoms. The van der Waals surface area contributed by atoms with Crippen molar-refractivity contribution in [3.63, 3.8) is 0 Å². The van der Waals surface area contributed by atoms with Gasteiger partial charge in [-0.3, -0.25) is 14.8 Å². The maximum Gasteiger partial charge on any atom is 0.267 e. The SMILES string of the molecule is CN(Cc1ccc(F)cc1)C(=O)CNc1ncc(C=CC(=O)NO)cc1Cl. The van der Waals surface area contributed by atoms with Gasteiger partial charge in [-0.2, -0.15) is 0 Å². The van der Waals surface area contributed by atoms with Crippen LogP contribution in [0.25, 0.3) is 6.08 Å². The molecule has 0 radical (unpaired) electrons. The van der Waals surface area contributed by atoms with Crippen LogP contribution in [0, 0.1) is 5.82 Å². The number of carbonyl (C=O) groups is 2. The molecule has 2 aromatic rings. The number of nitrogens with zero attached hydrogens (tertiary/aromatic N) is 2. The number of anilines is 1. The van der Waals surface area contributed by atoms with Crippen LogP contribution in [0.5, 0.6) is 0 Å². The van der Waals surface area contributed by atoms with Crippen molar-refractivity contribution < 1.29 is 19.2 Å². The maximum absolute atomic E-state index is 12.9. The molecular weight excluding hydrogens is 375 g/mol. The minimum absolute atomic E-state index is 0.0213. The smallest absolute Gasteiger partial charge is 0.267 e. The number of benzene rings is 1. The van der Waals surface area contributed by atoms with E-state index in [-0.39, 0.29) is 23.3 Å². The number of hydroxylamine groups is 1. The monoisotopic (exact) mass is 392 g/mol. The minimum atomic E-state index is -0.678. The highest BCUT2D eigenvalue weighted by atomic mass is 35.5. The molecule has 0 aliphatic carbocycles. The van der Waals surface area contributed by atoms with E-state index in [4.69, 9.17) is 16.8 Å². The van der Waals surface area contributed by atoms with E-state index in [1.807, 2.05) is 0 Å². The van der Waals surface area contributed by atoms with Gasteiger partial charge in [-0.15, -0.1) is 0 Å². The Morgan fingerprint density at radius 2 is 2.04 bits per heavy atom. The molecule has 0 atom stereocenters. The Kier molecular flexibility index (Phi) is 7.27. The summed E-state index contributed by atoms with van der Waals surface area (Å²) >= 11 is 6.12. The first kappa shape index (κ1) is 20.3. The molecule has 1 heterocycles. The molecule has 1 aromatic heterocycles. The summed E-state index contributed by atoms with van der Waals surface area (Å²) in [6.45, 7) is 0.325. The lowest BCUT2D eigenvalue weighted by atomic mass is 10.2. The Morgan fingerprint density at radius 1 is 1.33 bits per heavy atom. The average molecular weight is 393 g/mol. The molecule has 7 nitrogen and oxygen atoms in total. The highest BCUT2D eigenvalue weighted by Crippen LogP contribution is 2.20. The molecular formula is C18H18ClFN4O3. The zero-order chi connectivity index (χ0) is 19.8. The standard InChI is InChI=1S/C18H18ClFN4O3/c1-24(11-12-2-5-14(20)6-3-12)17(26)10-22-18-15(19)8-13(9-21-18)4-7-16(25)23-27/h2-9,27H,10-11H2,1H3,(H,21,22)(H,23,25). The van der Waals surface area contributed by atoms with E-state index < -0.39 is 5.91 Å². The van der Waals surface area contributed by atoms with Crippen molar-refractivity contribution in [3.8, 4) is 0 Å². The van der Waals surface area contributed by atoms with E-state index in [1.165, 1.54) is 34.8 Å². The number of halogens is 2. The first-order valence-electron chi connectivity index (χ1n) is 7.89. The van der Waals surface area contributed by atoms with Gasteiger partial charge in [-0.25, -0.2) is 14.9 Å². The molecule has 0 unspecified atom stereocenters. The fourth-order valence-corrected chi connectivity index (χ4v) is 2.37. The Labute approximate surface area is 160 Å². The number of hydrogen-bond donors (Lipinski definition) is 3. The predicted molar refractivity (Wildman–Crippen MR) is 99.6 cm³/mol. The predicted octanol–water partition coefficient (Wildman–Crippen LogP) is 2.46. The van der Waals surface area contributed by atoms with Crippen molar-refractivity contribution in [2.75, 3.05) is 18.9 Å². The number of pyridine rings is 1. The largest absolute Gasteiger partial charge is 0.360 e. The summed E-state index contributed by atoms with van der Waals surface area (Å²) in [6.07, 6.45) is 4.01. The molecule has 0 saturated heterocycles. The lowest BCUT2D eigenvalue weighted by Crippen LogP contribution is -2.32. The van der Waals surface area contributed by atoms with Crippen molar-refractivity contribution in [3.05, 3.63) is 64.6 Å². The first-order chi connectivity index (χ1) is 12.9. The van der Waals surface area contributed by atoms with E-state index in [2.05, 4.69) is 10.3 Å². The van der Waals surface area contributed by atoms with Gasteiger partial charge in [-0.1, -0.05) is 23.7 Å². The van der Waals surface area contributed by atoms with E-state index in [0.717, 1.165) is 11.6 Å². The molecule has 2 rings (SSSR count). The Bertz CT molecular complexity index is 843. The molecule has 2 amide bonds. The fraction of sp³-hybridized carbons (Fsp3) is 0.167. The minimum Gasteiger partial charge on any atom is -0.360 e. The molecule has 3 N–H and O–H groups in total. The van der Waals surface area contributed by atoms with Gasteiger partial charge in [-0.05, 0) is 35.4 Å². The van der Waals surface area contributed by atoms with Crippen molar-refractivity contribution >= 4 is 35.3 Å². The third kappa shape index (κ3) is 6.36. The van der Waals surface area contributed by atoms with Crippen molar-refractivity contribution in [2.45, 2.75) is 6.54 Å². The highest BCUT2D eigenvalue weighted by Gasteiger charge is 2.11. The summed E-state index contributed by atoms with van der Waals surface area (Å²) in [5.74, 6) is -0.877.